The monoisotopic (exact) mass is 403 g/mol. The van der Waals surface area contributed by atoms with Crippen LogP contribution in [0.1, 0.15) is 49.2 Å². The van der Waals surface area contributed by atoms with E-state index in [2.05, 4.69) is 55.3 Å². The largest absolute Gasteiger partial charge is 0.356 e. The molecule has 1 aromatic carbocycles. The second kappa shape index (κ2) is 6.91. The van der Waals surface area contributed by atoms with Gasteiger partial charge >= 0.3 is 0 Å². The summed E-state index contributed by atoms with van der Waals surface area (Å²) in [7, 11) is 0. The molecule has 0 atom stereocenters. The molecule has 4 aromatic rings. The molecule has 1 saturated heterocycles. The van der Waals surface area contributed by atoms with Crippen molar-refractivity contribution in [2.75, 3.05) is 18.0 Å². The molecule has 0 amide bonds. The first-order valence-corrected chi connectivity index (χ1v) is 11.1. The Morgan fingerprint density at radius 2 is 1.79 bits per heavy atom. The van der Waals surface area contributed by atoms with Crippen LogP contribution >= 0.6 is 11.3 Å². The lowest BCUT2D eigenvalue weighted by atomic mass is 9.96. The summed E-state index contributed by atoms with van der Waals surface area (Å²) in [4.78, 5) is 18.5. The van der Waals surface area contributed by atoms with Gasteiger partial charge < -0.3 is 9.42 Å². The fourth-order valence-corrected chi connectivity index (χ4v) is 5.10. The van der Waals surface area contributed by atoms with Gasteiger partial charge in [0.25, 0.3) is 0 Å². The minimum Gasteiger partial charge on any atom is -0.356 e. The quantitative estimate of drug-likeness (QED) is 0.477. The molecule has 2 fully saturated rings. The summed E-state index contributed by atoms with van der Waals surface area (Å²) in [5.74, 6) is 3.66. The SMILES string of the molecule is c1ccc(-c2cc3c(N4CCC(c5noc(C6CC6)n5)CC4)ncnc3s2)cc1. The molecule has 1 saturated carbocycles. The van der Waals surface area contributed by atoms with Crippen LogP contribution in [-0.2, 0) is 0 Å². The Kier molecular flexibility index (Phi) is 4.08. The number of anilines is 1. The van der Waals surface area contributed by atoms with Gasteiger partial charge in [0.2, 0.25) is 5.89 Å². The second-order valence-electron chi connectivity index (χ2n) is 7.92. The molecule has 4 heterocycles. The summed E-state index contributed by atoms with van der Waals surface area (Å²) in [5, 5.41) is 5.40. The molecule has 6 nitrogen and oxygen atoms in total. The number of hydrogen-bond acceptors (Lipinski definition) is 7. The zero-order valence-corrected chi connectivity index (χ0v) is 16.8. The van der Waals surface area contributed by atoms with Crippen molar-refractivity contribution in [3.8, 4) is 10.4 Å². The van der Waals surface area contributed by atoms with Crippen molar-refractivity contribution >= 4 is 27.4 Å². The lowest BCUT2D eigenvalue weighted by Crippen LogP contribution is -2.33. The zero-order valence-electron chi connectivity index (χ0n) is 16.0. The number of nitrogens with zero attached hydrogens (tertiary/aromatic N) is 5. The summed E-state index contributed by atoms with van der Waals surface area (Å²) in [6.07, 6.45) is 6.11. The van der Waals surface area contributed by atoms with Crippen molar-refractivity contribution in [1.82, 2.24) is 20.1 Å². The number of fused-ring (bicyclic) bond motifs is 1. The zero-order chi connectivity index (χ0) is 19.2. The molecule has 1 aliphatic carbocycles. The molecule has 6 rings (SSSR count). The van der Waals surface area contributed by atoms with Crippen molar-refractivity contribution in [3.05, 3.63) is 54.4 Å². The summed E-state index contributed by atoms with van der Waals surface area (Å²) in [6.45, 7) is 1.89. The van der Waals surface area contributed by atoms with E-state index in [1.54, 1.807) is 17.7 Å². The number of benzene rings is 1. The Morgan fingerprint density at radius 3 is 2.59 bits per heavy atom. The van der Waals surface area contributed by atoms with Crippen molar-refractivity contribution < 1.29 is 4.52 Å². The standard InChI is InChI=1S/C22H21N5OS/c1-2-4-14(5-3-1)18-12-17-20(23-13-24-22(17)29-18)27-10-8-15(9-11-27)19-25-21(28-26-19)16-6-7-16/h1-5,12-13,15-16H,6-11H2. The van der Waals surface area contributed by atoms with Gasteiger partial charge in [0.05, 0.1) is 5.39 Å². The average molecular weight is 404 g/mol. The summed E-state index contributed by atoms with van der Waals surface area (Å²) < 4.78 is 5.46. The first kappa shape index (κ1) is 17.1. The van der Waals surface area contributed by atoms with Crippen LogP contribution in [-0.4, -0.2) is 33.2 Å². The van der Waals surface area contributed by atoms with Crippen molar-refractivity contribution in [2.45, 2.75) is 37.5 Å². The van der Waals surface area contributed by atoms with Crippen LogP contribution in [0.15, 0.2) is 47.2 Å². The third-order valence-corrected chi connectivity index (χ3v) is 7.00. The molecule has 3 aromatic heterocycles. The van der Waals surface area contributed by atoms with E-state index in [1.807, 2.05) is 6.07 Å². The lowest BCUT2D eigenvalue weighted by Gasteiger charge is -2.31. The highest BCUT2D eigenvalue weighted by atomic mass is 32.1. The Bertz CT molecular complexity index is 1140. The summed E-state index contributed by atoms with van der Waals surface area (Å²) in [5.41, 5.74) is 1.23. The minimum absolute atomic E-state index is 0.377. The molecule has 0 unspecified atom stereocenters. The predicted octanol–water partition coefficient (Wildman–Crippen LogP) is 5.00. The normalized spacial score (nSPS) is 17.9. The van der Waals surface area contributed by atoms with Gasteiger partial charge in [0, 0.05) is 29.8 Å². The molecule has 1 aliphatic heterocycles. The number of rotatable bonds is 4. The van der Waals surface area contributed by atoms with E-state index in [-0.39, 0.29) is 0 Å². The van der Waals surface area contributed by atoms with E-state index in [4.69, 9.17) is 4.52 Å². The van der Waals surface area contributed by atoms with Gasteiger partial charge in [0.1, 0.15) is 17.0 Å². The average Bonchev–Trinajstić information content (AvgIpc) is 3.34. The van der Waals surface area contributed by atoms with Crippen LogP contribution in [0.3, 0.4) is 0 Å². The molecular weight excluding hydrogens is 382 g/mol. The van der Waals surface area contributed by atoms with Crippen molar-refractivity contribution in [1.29, 1.82) is 0 Å². The number of hydrogen-bond donors (Lipinski definition) is 0. The van der Waals surface area contributed by atoms with Gasteiger partial charge in [-0.1, -0.05) is 35.5 Å². The number of piperidine rings is 1. The first-order chi connectivity index (χ1) is 14.3. The topological polar surface area (TPSA) is 67.9 Å². The molecule has 146 valence electrons. The maximum absolute atomic E-state index is 5.46. The highest BCUT2D eigenvalue weighted by Crippen LogP contribution is 2.40. The van der Waals surface area contributed by atoms with E-state index in [1.165, 1.54) is 23.3 Å². The second-order valence-corrected chi connectivity index (χ2v) is 8.95. The molecule has 0 radical (unpaired) electrons. The van der Waals surface area contributed by atoms with Crippen LogP contribution < -0.4 is 4.90 Å². The molecule has 7 heteroatoms. The number of thiophene rings is 1. The predicted molar refractivity (Wildman–Crippen MR) is 113 cm³/mol. The molecule has 2 aliphatic rings. The van der Waals surface area contributed by atoms with Crippen LogP contribution in [0.25, 0.3) is 20.7 Å². The highest BCUT2D eigenvalue weighted by Gasteiger charge is 2.32. The number of aromatic nitrogens is 4. The summed E-state index contributed by atoms with van der Waals surface area (Å²) >= 11 is 1.73. The van der Waals surface area contributed by atoms with Gasteiger partial charge in [-0.2, -0.15) is 4.98 Å². The van der Waals surface area contributed by atoms with E-state index in [0.29, 0.717) is 11.8 Å². The summed E-state index contributed by atoms with van der Waals surface area (Å²) in [6, 6.07) is 12.7. The van der Waals surface area contributed by atoms with Gasteiger partial charge in [-0.15, -0.1) is 11.3 Å². The molecular formula is C22H21N5OS. The van der Waals surface area contributed by atoms with Crippen LogP contribution in [0.4, 0.5) is 5.82 Å². The van der Waals surface area contributed by atoms with E-state index >= 15 is 0 Å². The van der Waals surface area contributed by atoms with Crippen LogP contribution in [0, 0.1) is 0 Å². The van der Waals surface area contributed by atoms with Crippen molar-refractivity contribution in [3.63, 3.8) is 0 Å². The Balaban J connectivity index is 1.23. The Morgan fingerprint density at radius 1 is 0.966 bits per heavy atom. The lowest BCUT2D eigenvalue weighted by molar-refractivity contribution is 0.365. The van der Waals surface area contributed by atoms with Gasteiger partial charge in [-0.25, -0.2) is 9.97 Å². The third-order valence-electron chi connectivity index (χ3n) is 5.91. The van der Waals surface area contributed by atoms with Gasteiger partial charge in [-0.05, 0) is 37.3 Å². The molecule has 0 N–H and O–H groups in total. The molecule has 29 heavy (non-hydrogen) atoms. The van der Waals surface area contributed by atoms with E-state index in [9.17, 15) is 0 Å². The van der Waals surface area contributed by atoms with Crippen LogP contribution in [0.2, 0.25) is 0 Å². The highest BCUT2D eigenvalue weighted by molar-refractivity contribution is 7.21. The smallest absolute Gasteiger partial charge is 0.229 e. The van der Waals surface area contributed by atoms with Gasteiger partial charge in [-0.3, -0.25) is 0 Å². The first-order valence-electron chi connectivity index (χ1n) is 10.2. The molecule has 0 spiro atoms. The minimum atomic E-state index is 0.377. The van der Waals surface area contributed by atoms with E-state index in [0.717, 1.165) is 53.7 Å². The maximum Gasteiger partial charge on any atom is 0.229 e. The molecule has 0 bridgehead atoms. The third kappa shape index (κ3) is 3.19. The Labute approximate surface area is 172 Å². The fraction of sp³-hybridized carbons (Fsp3) is 0.364. The van der Waals surface area contributed by atoms with Crippen LogP contribution in [0.5, 0.6) is 0 Å². The Hall–Kier alpha value is -2.80. The van der Waals surface area contributed by atoms with E-state index < -0.39 is 0 Å². The maximum atomic E-state index is 5.46. The van der Waals surface area contributed by atoms with Crippen molar-refractivity contribution in [2.24, 2.45) is 0 Å². The fourth-order valence-electron chi connectivity index (χ4n) is 4.10. The van der Waals surface area contributed by atoms with Gasteiger partial charge in [0.15, 0.2) is 5.82 Å².